The summed E-state index contributed by atoms with van der Waals surface area (Å²) in [6.45, 7) is 5.91. The van der Waals surface area contributed by atoms with Crippen molar-refractivity contribution in [1.29, 1.82) is 0 Å². The summed E-state index contributed by atoms with van der Waals surface area (Å²) in [6, 6.07) is 0. The molecule has 13 heavy (non-hydrogen) atoms. The highest BCUT2D eigenvalue weighted by molar-refractivity contribution is 4.55. The Bertz CT molecular complexity index is 94.9. The maximum Gasteiger partial charge on any atom is 0.0558 e. The lowest BCUT2D eigenvalue weighted by Gasteiger charge is -2.19. The van der Waals surface area contributed by atoms with E-state index in [1.165, 1.54) is 0 Å². The van der Waals surface area contributed by atoms with Crippen LogP contribution in [0.25, 0.3) is 0 Å². The van der Waals surface area contributed by atoms with Gasteiger partial charge in [-0.15, -0.1) is 0 Å². The van der Waals surface area contributed by atoms with Gasteiger partial charge in [0.25, 0.3) is 0 Å². The molecule has 0 spiro atoms. The smallest absolute Gasteiger partial charge is 0.0558 e. The summed E-state index contributed by atoms with van der Waals surface area (Å²) in [4.78, 5) is 2.03. The Morgan fingerprint density at radius 1 is 1.08 bits per heavy atom. The van der Waals surface area contributed by atoms with Crippen molar-refractivity contribution in [1.82, 2.24) is 4.90 Å². The van der Waals surface area contributed by atoms with E-state index >= 15 is 0 Å². The Hall–Kier alpha value is -0.160. The summed E-state index contributed by atoms with van der Waals surface area (Å²) in [6.07, 6.45) is 0.952. The first-order chi connectivity index (χ1) is 6.35. The maximum atomic E-state index is 8.71. The number of ether oxygens (including phenoxy) is 1. The Morgan fingerprint density at radius 2 is 1.69 bits per heavy atom. The van der Waals surface area contributed by atoms with Gasteiger partial charge in [-0.1, -0.05) is 0 Å². The lowest BCUT2D eigenvalue weighted by molar-refractivity contribution is 0.117. The van der Waals surface area contributed by atoms with Crippen LogP contribution in [0.5, 0.6) is 0 Å². The predicted octanol–water partition coefficient (Wildman–Crippen LogP) is -0.300. The molecule has 0 aliphatic heterocycles. The van der Waals surface area contributed by atoms with E-state index in [1.807, 2.05) is 11.8 Å². The average molecular weight is 191 g/mol. The third-order valence-electron chi connectivity index (χ3n) is 1.80. The van der Waals surface area contributed by atoms with Crippen molar-refractivity contribution in [3.63, 3.8) is 0 Å². The van der Waals surface area contributed by atoms with Crippen molar-refractivity contribution in [2.24, 2.45) is 0 Å². The molecular formula is C9H21NO3. The molecular weight excluding hydrogens is 170 g/mol. The van der Waals surface area contributed by atoms with Crippen LogP contribution in [0, 0.1) is 0 Å². The highest BCUT2D eigenvalue weighted by Crippen LogP contribution is 1.91. The van der Waals surface area contributed by atoms with E-state index in [2.05, 4.69) is 0 Å². The van der Waals surface area contributed by atoms with Gasteiger partial charge in [0.15, 0.2) is 0 Å². The van der Waals surface area contributed by atoms with E-state index in [4.69, 9.17) is 14.9 Å². The van der Waals surface area contributed by atoms with Crippen LogP contribution >= 0.6 is 0 Å². The van der Waals surface area contributed by atoms with Gasteiger partial charge in [0.05, 0.1) is 13.2 Å². The average Bonchev–Trinajstić information content (AvgIpc) is 2.13. The monoisotopic (exact) mass is 191 g/mol. The molecule has 2 N–H and O–H groups in total. The molecule has 0 aromatic rings. The summed E-state index contributed by atoms with van der Waals surface area (Å²) in [5.41, 5.74) is 0. The minimum atomic E-state index is 0.147. The summed E-state index contributed by atoms with van der Waals surface area (Å²) in [7, 11) is 0. The molecule has 0 saturated carbocycles. The van der Waals surface area contributed by atoms with Gasteiger partial charge in [-0.3, -0.25) is 4.90 Å². The molecule has 0 aromatic carbocycles. The van der Waals surface area contributed by atoms with Crippen LogP contribution in [0.3, 0.4) is 0 Å². The number of aliphatic hydroxyl groups excluding tert-OH is 2. The molecule has 0 heterocycles. The first-order valence-electron chi connectivity index (χ1n) is 4.87. The fraction of sp³-hybridized carbons (Fsp3) is 1.00. The van der Waals surface area contributed by atoms with Crippen molar-refractivity contribution in [2.75, 3.05) is 46.1 Å². The van der Waals surface area contributed by atoms with Crippen LogP contribution < -0.4 is 0 Å². The highest BCUT2D eigenvalue weighted by atomic mass is 16.5. The highest BCUT2D eigenvalue weighted by Gasteiger charge is 2.01. The van der Waals surface area contributed by atoms with E-state index in [0.717, 1.165) is 26.2 Å². The van der Waals surface area contributed by atoms with Crippen LogP contribution in [0.4, 0.5) is 0 Å². The summed E-state index contributed by atoms with van der Waals surface area (Å²) in [5, 5.41) is 17.4. The molecule has 0 fully saturated rings. The number of hydrogen-bond donors (Lipinski definition) is 2. The molecule has 0 unspecified atom stereocenters. The maximum absolute atomic E-state index is 8.71. The molecule has 0 amide bonds. The molecule has 0 aromatic heterocycles. The van der Waals surface area contributed by atoms with Crippen LogP contribution in [-0.4, -0.2) is 61.2 Å². The predicted molar refractivity (Wildman–Crippen MR) is 51.7 cm³/mol. The molecule has 4 heteroatoms. The lowest BCUT2D eigenvalue weighted by atomic mass is 10.4. The fourth-order valence-corrected chi connectivity index (χ4v) is 1.15. The number of rotatable bonds is 9. The van der Waals surface area contributed by atoms with Crippen LogP contribution in [0.2, 0.25) is 0 Å². The zero-order valence-corrected chi connectivity index (χ0v) is 8.41. The van der Waals surface area contributed by atoms with Gasteiger partial charge >= 0.3 is 0 Å². The van der Waals surface area contributed by atoms with Gasteiger partial charge in [0.2, 0.25) is 0 Å². The van der Waals surface area contributed by atoms with Crippen molar-refractivity contribution in [2.45, 2.75) is 13.3 Å². The zero-order valence-electron chi connectivity index (χ0n) is 8.41. The van der Waals surface area contributed by atoms with Gasteiger partial charge in [-0.25, -0.2) is 0 Å². The molecule has 0 aliphatic carbocycles. The second-order valence-electron chi connectivity index (χ2n) is 2.84. The van der Waals surface area contributed by atoms with Crippen LogP contribution in [-0.2, 0) is 4.74 Å². The van der Waals surface area contributed by atoms with Gasteiger partial charge in [0, 0.05) is 32.8 Å². The topological polar surface area (TPSA) is 52.9 Å². The van der Waals surface area contributed by atoms with E-state index in [1.54, 1.807) is 0 Å². The van der Waals surface area contributed by atoms with Gasteiger partial charge in [-0.05, 0) is 13.3 Å². The molecule has 0 radical (unpaired) electrons. The lowest BCUT2D eigenvalue weighted by Crippen LogP contribution is -2.31. The third kappa shape index (κ3) is 8.18. The van der Waals surface area contributed by atoms with Gasteiger partial charge < -0.3 is 14.9 Å². The molecule has 0 bridgehead atoms. The van der Waals surface area contributed by atoms with Crippen molar-refractivity contribution in [3.05, 3.63) is 0 Å². The standard InChI is InChI=1S/C9H21NO3/c1-2-13-9-3-4-10(5-7-11)6-8-12/h11-12H,2-9H2,1H3. The van der Waals surface area contributed by atoms with E-state index in [0.29, 0.717) is 13.1 Å². The molecule has 80 valence electrons. The Labute approximate surface area is 80.1 Å². The zero-order chi connectivity index (χ0) is 9.94. The number of hydrogen-bond acceptors (Lipinski definition) is 4. The molecule has 0 atom stereocenters. The normalized spacial score (nSPS) is 11.1. The third-order valence-corrected chi connectivity index (χ3v) is 1.80. The Kier molecular flexibility index (Phi) is 9.80. The number of aliphatic hydroxyl groups is 2. The molecule has 0 rings (SSSR count). The van der Waals surface area contributed by atoms with Crippen molar-refractivity contribution < 1.29 is 14.9 Å². The summed E-state index contributed by atoms with van der Waals surface area (Å²) in [5.74, 6) is 0. The first kappa shape index (κ1) is 12.8. The first-order valence-corrected chi connectivity index (χ1v) is 4.87. The largest absolute Gasteiger partial charge is 0.395 e. The van der Waals surface area contributed by atoms with E-state index < -0.39 is 0 Å². The summed E-state index contributed by atoms with van der Waals surface area (Å²) < 4.78 is 5.19. The van der Waals surface area contributed by atoms with E-state index in [9.17, 15) is 0 Å². The second-order valence-corrected chi connectivity index (χ2v) is 2.84. The molecule has 0 saturated heterocycles. The van der Waals surface area contributed by atoms with Gasteiger partial charge in [-0.2, -0.15) is 0 Å². The van der Waals surface area contributed by atoms with Crippen LogP contribution in [0.1, 0.15) is 13.3 Å². The van der Waals surface area contributed by atoms with Crippen molar-refractivity contribution >= 4 is 0 Å². The second kappa shape index (κ2) is 9.92. The van der Waals surface area contributed by atoms with Gasteiger partial charge in [0.1, 0.15) is 0 Å². The minimum absolute atomic E-state index is 0.147. The SMILES string of the molecule is CCOCCCN(CCO)CCO. The number of nitrogens with zero attached hydrogens (tertiary/aromatic N) is 1. The summed E-state index contributed by atoms with van der Waals surface area (Å²) >= 11 is 0. The van der Waals surface area contributed by atoms with Crippen LogP contribution in [0.15, 0.2) is 0 Å². The minimum Gasteiger partial charge on any atom is -0.395 e. The van der Waals surface area contributed by atoms with Crippen molar-refractivity contribution in [3.8, 4) is 0 Å². The Morgan fingerprint density at radius 3 is 2.15 bits per heavy atom. The molecule has 4 nitrogen and oxygen atoms in total. The fourth-order valence-electron chi connectivity index (χ4n) is 1.15. The Balaban J connectivity index is 3.33. The molecule has 0 aliphatic rings. The quantitative estimate of drug-likeness (QED) is 0.491. The van der Waals surface area contributed by atoms with E-state index in [-0.39, 0.29) is 13.2 Å².